The molecule has 1 aromatic heterocycles. The van der Waals surface area contributed by atoms with Crippen LogP contribution < -0.4 is 5.56 Å². The van der Waals surface area contributed by atoms with Gasteiger partial charge in [-0.15, -0.1) is 0 Å². The Labute approximate surface area is 99.1 Å². The molecule has 0 saturated carbocycles. The maximum Gasteiger partial charge on any atom is 0.343 e. The van der Waals surface area contributed by atoms with Gasteiger partial charge < -0.3 is 9.67 Å². The van der Waals surface area contributed by atoms with Crippen LogP contribution in [0.25, 0.3) is 0 Å². The Bertz CT molecular complexity index is 505. The van der Waals surface area contributed by atoms with Crippen LogP contribution in [0.5, 0.6) is 0 Å². The molecule has 0 saturated heterocycles. The number of hydrogen-bond donors (Lipinski definition) is 1. The molecule has 0 aliphatic carbocycles. The molecule has 0 fully saturated rings. The second-order valence-electron chi connectivity index (χ2n) is 4.28. The first-order valence-corrected chi connectivity index (χ1v) is 6.01. The Morgan fingerprint density at radius 1 is 1.41 bits per heavy atom. The molecule has 2 heterocycles. The van der Waals surface area contributed by atoms with E-state index in [1.807, 2.05) is 11.5 Å². The van der Waals surface area contributed by atoms with Crippen LogP contribution in [-0.2, 0) is 19.4 Å². The number of hydrogen-bond acceptors (Lipinski definition) is 3. The van der Waals surface area contributed by atoms with Crippen molar-refractivity contribution in [3.63, 3.8) is 0 Å². The van der Waals surface area contributed by atoms with E-state index in [4.69, 9.17) is 5.11 Å². The molecule has 1 aliphatic heterocycles. The van der Waals surface area contributed by atoms with Crippen molar-refractivity contribution in [1.82, 2.24) is 9.55 Å². The number of carboxylic acids is 1. The fourth-order valence-electron chi connectivity index (χ4n) is 2.41. The molecule has 92 valence electrons. The molecule has 0 unspecified atom stereocenters. The van der Waals surface area contributed by atoms with Crippen molar-refractivity contribution in [2.75, 3.05) is 0 Å². The van der Waals surface area contributed by atoms with Crippen LogP contribution in [0.3, 0.4) is 0 Å². The van der Waals surface area contributed by atoms with Crippen molar-refractivity contribution in [1.29, 1.82) is 0 Å². The number of aryl methyl sites for hydroxylation is 1. The van der Waals surface area contributed by atoms with Gasteiger partial charge in [-0.3, -0.25) is 4.79 Å². The average molecular weight is 236 g/mol. The summed E-state index contributed by atoms with van der Waals surface area (Å²) in [4.78, 5) is 26.8. The lowest BCUT2D eigenvalue weighted by molar-refractivity contribution is 0.0692. The highest BCUT2D eigenvalue weighted by atomic mass is 16.4. The van der Waals surface area contributed by atoms with Crippen LogP contribution in [0.1, 0.15) is 48.1 Å². The molecule has 1 aromatic rings. The summed E-state index contributed by atoms with van der Waals surface area (Å²) in [6.45, 7) is 2.64. The number of fused-ring (bicyclic) bond motifs is 1. The number of rotatable bonds is 2. The average Bonchev–Trinajstić information content (AvgIpc) is 2.51. The van der Waals surface area contributed by atoms with E-state index in [0.717, 1.165) is 38.1 Å². The smallest absolute Gasteiger partial charge is 0.343 e. The van der Waals surface area contributed by atoms with Gasteiger partial charge in [-0.1, -0.05) is 13.3 Å². The van der Waals surface area contributed by atoms with Gasteiger partial charge in [0.1, 0.15) is 11.4 Å². The topological polar surface area (TPSA) is 72.2 Å². The summed E-state index contributed by atoms with van der Waals surface area (Å²) >= 11 is 0. The summed E-state index contributed by atoms with van der Waals surface area (Å²) in [5.41, 5.74) is -0.130. The second kappa shape index (κ2) is 4.69. The van der Waals surface area contributed by atoms with Crippen molar-refractivity contribution in [3.05, 3.63) is 27.4 Å². The molecule has 2 rings (SSSR count). The standard InChI is InChI=1S/C12H16N2O3/c1-2-8-10(12(16)17)11(15)13-9-6-4-3-5-7-14(8)9/h2-7H2,1H3,(H,16,17). The number of aromatic carboxylic acids is 1. The zero-order valence-electron chi connectivity index (χ0n) is 9.90. The molecule has 0 atom stereocenters. The first kappa shape index (κ1) is 11.8. The van der Waals surface area contributed by atoms with Crippen molar-refractivity contribution in [3.8, 4) is 0 Å². The Hall–Kier alpha value is -1.65. The zero-order valence-corrected chi connectivity index (χ0v) is 9.90. The van der Waals surface area contributed by atoms with Crippen LogP contribution in [0.4, 0.5) is 0 Å². The minimum Gasteiger partial charge on any atom is -0.477 e. The molecule has 0 radical (unpaired) electrons. The molecule has 0 spiro atoms. The highest BCUT2D eigenvalue weighted by molar-refractivity contribution is 5.88. The molecule has 1 aliphatic rings. The van der Waals surface area contributed by atoms with E-state index in [1.54, 1.807) is 0 Å². The van der Waals surface area contributed by atoms with Crippen molar-refractivity contribution in [2.24, 2.45) is 0 Å². The molecular formula is C12H16N2O3. The lowest BCUT2D eigenvalue weighted by Crippen LogP contribution is -2.28. The largest absolute Gasteiger partial charge is 0.477 e. The third kappa shape index (κ3) is 2.09. The Morgan fingerprint density at radius 2 is 2.18 bits per heavy atom. The predicted octanol–water partition coefficient (Wildman–Crippen LogP) is 1.23. The van der Waals surface area contributed by atoms with Crippen molar-refractivity contribution < 1.29 is 9.90 Å². The minimum absolute atomic E-state index is 0.154. The quantitative estimate of drug-likeness (QED) is 0.838. The third-order valence-corrected chi connectivity index (χ3v) is 3.20. The normalized spacial score (nSPS) is 15.1. The van der Waals surface area contributed by atoms with Crippen LogP contribution >= 0.6 is 0 Å². The minimum atomic E-state index is -1.17. The SMILES string of the molecule is CCc1c(C(=O)O)c(=O)nc2n1CCCCC2. The molecule has 0 amide bonds. The Morgan fingerprint density at radius 3 is 2.82 bits per heavy atom. The molecule has 0 aromatic carbocycles. The lowest BCUT2D eigenvalue weighted by Gasteiger charge is -2.16. The van der Waals surface area contributed by atoms with E-state index >= 15 is 0 Å². The van der Waals surface area contributed by atoms with Gasteiger partial charge in [-0.05, 0) is 19.3 Å². The Balaban J connectivity index is 2.68. The summed E-state index contributed by atoms with van der Waals surface area (Å²) in [7, 11) is 0. The first-order valence-electron chi connectivity index (χ1n) is 6.01. The number of nitrogens with zero attached hydrogens (tertiary/aromatic N) is 2. The molecule has 1 N–H and O–H groups in total. The molecule has 0 bridgehead atoms. The van der Waals surface area contributed by atoms with Gasteiger partial charge in [-0.25, -0.2) is 4.79 Å². The van der Waals surface area contributed by atoms with Crippen LogP contribution in [0.15, 0.2) is 4.79 Å². The van der Waals surface area contributed by atoms with E-state index < -0.39 is 11.5 Å². The van der Waals surface area contributed by atoms with Gasteiger partial charge in [0.05, 0.1) is 0 Å². The summed E-state index contributed by atoms with van der Waals surface area (Å²) < 4.78 is 1.93. The molecule has 17 heavy (non-hydrogen) atoms. The van der Waals surface area contributed by atoms with Crippen LogP contribution in [0.2, 0.25) is 0 Å². The van der Waals surface area contributed by atoms with E-state index in [0.29, 0.717) is 12.1 Å². The van der Waals surface area contributed by atoms with E-state index in [-0.39, 0.29) is 5.56 Å². The van der Waals surface area contributed by atoms with Gasteiger partial charge >= 0.3 is 5.97 Å². The van der Waals surface area contributed by atoms with Crippen molar-refractivity contribution in [2.45, 2.75) is 45.6 Å². The zero-order chi connectivity index (χ0) is 12.4. The summed E-state index contributed by atoms with van der Waals surface area (Å²) in [6, 6.07) is 0. The van der Waals surface area contributed by atoms with E-state index in [2.05, 4.69) is 4.98 Å². The van der Waals surface area contributed by atoms with Gasteiger partial charge in [0.25, 0.3) is 5.56 Å². The van der Waals surface area contributed by atoms with Gasteiger partial charge in [-0.2, -0.15) is 4.98 Å². The number of carbonyl (C=O) groups is 1. The highest BCUT2D eigenvalue weighted by Crippen LogP contribution is 2.16. The second-order valence-corrected chi connectivity index (χ2v) is 4.28. The monoisotopic (exact) mass is 236 g/mol. The van der Waals surface area contributed by atoms with Crippen LogP contribution in [0, 0.1) is 0 Å². The van der Waals surface area contributed by atoms with Gasteiger partial charge in [0.15, 0.2) is 0 Å². The maximum atomic E-state index is 11.7. The van der Waals surface area contributed by atoms with Crippen LogP contribution in [-0.4, -0.2) is 20.6 Å². The maximum absolute atomic E-state index is 11.7. The van der Waals surface area contributed by atoms with Gasteiger partial charge in [0.2, 0.25) is 0 Å². The summed E-state index contributed by atoms with van der Waals surface area (Å²) in [5.74, 6) is -0.423. The van der Waals surface area contributed by atoms with E-state index in [9.17, 15) is 9.59 Å². The summed E-state index contributed by atoms with van der Waals surface area (Å²) in [6.07, 6.45) is 4.45. The predicted molar refractivity (Wildman–Crippen MR) is 62.4 cm³/mol. The molecule has 5 nitrogen and oxygen atoms in total. The van der Waals surface area contributed by atoms with E-state index in [1.165, 1.54) is 0 Å². The molecule has 5 heteroatoms. The fourth-order valence-corrected chi connectivity index (χ4v) is 2.41. The fraction of sp³-hybridized carbons (Fsp3) is 0.583. The number of carboxylic acid groups (broad SMARTS) is 1. The number of aromatic nitrogens is 2. The lowest BCUT2D eigenvalue weighted by atomic mass is 10.1. The van der Waals surface area contributed by atoms with Gasteiger partial charge in [0, 0.05) is 18.7 Å². The third-order valence-electron chi connectivity index (χ3n) is 3.20. The highest BCUT2D eigenvalue weighted by Gasteiger charge is 2.21. The summed E-state index contributed by atoms with van der Waals surface area (Å²) in [5, 5.41) is 9.10. The first-order chi connectivity index (χ1) is 8.15. The molecular weight excluding hydrogens is 220 g/mol. The Kier molecular flexibility index (Phi) is 3.26. The van der Waals surface area contributed by atoms with Crippen molar-refractivity contribution >= 4 is 5.97 Å².